The number of benzene rings is 2. The second kappa shape index (κ2) is 16.6. The van der Waals surface area contributed by atoms with Crippen LogP contribution in [0.5, 0.6) is 5.75 Å². The quantitative estimate of drug-likeness (QED) is 0.109. The van der Waals surface area contributed by atoms with E-state index < -0.39 is 60.2 Å². The summed E-state index contributed by atoms with van der Waals surface area (Å²) in [6, 6.07) is 9.84. The molecule has 0 fully saturated rings. The van der Waals surface area contributed by atoms with E-state index in [2.05, 4.69) is 16.0 Å². The number of aliphatic carboxylic acids is 1. The molecule has 0 saturated heterocycles. The summed E-state index contributed by atoms with van der Waals surface area (Å²) in [5.74, 6) is -4.49. The van der Waals surface area contributed by atoms with Gasteiger partial charge in [-0.1, -0.05) is 42.5 Å². The second-order valence-electron chi connectivity index (χ2n) is 9.64. The number of hydrogen-bond acceptors (Lipinski definition) is 8. The Balaban J connectivity index is 2.14. The van der Waals surface area contributed by atoms with Crippen LogP contribution in [0.3, 0.4) is 0 Å². The summed E-state index contributed by atoms with van der Waals surface area (Å²) in [5, 5.41) is 26.5. The fourth-order valence-corrected chi connectivity index (χ4v) is 4.02. The minimum Gasteiger partial charge on any atom is -0.508 e. The second-order valence-corrected chi connectivity index (χ2v) is 9.64. The predicted octanol–water partition coefficient (Wildman–Crippen LogP) is -0.952. The topological polar surface area (TPSA) is 240 Å². The lowest BCUT2D eigenvalue weighted by Gasteiger charge is -2.25. The summed E-state index contributed by atoms with van der Waals surface area (Å²) in [4.78, 5) is 62.6. The van der Waals surface area contributed by atoms with Gasteiger partial charge in [0, 0.05) is 6.42 Å². The minimum absolute atomic E-state index is 0.00553. The van der Waals surface area contributed by atoms with E-state index in [0.717, 1.165) is 5.56 Å². The molecule has 0 aliphatic heterocycles. The van der Waals surface area contributed by atoms with Crippen molar-refractivity contribution in [3.8, 4) is 5.75 Å². The Morgan fingerprint density at radius 1 is 0.732 bits per heavy atom. The first-order chi connectivity index (χ1) is 19.5. The molecular weight excluding hydrogens is 532 g/mol. The number of carbonyl (C=O) groups is 5. The Morgan fingerprint density at radius 3 is 1.88 bits per heavy atom. The lowest BCUT2D eigenvalue weighted by molar-refractivity contribution is -0.142. The maximum Gasteiger partial charge on any atom is 0.326 e. The highest BCUT2D eigenvalue weighted by molar-refractivity contribution is 5.96. The Bertz CT molecular complexity index is 1180. The number of carboxylic acid groups (broad SMARTS) is 1. The molecule has 4 amide bonds. The molecule has 4 unspecified atom stereocenters. The predicted molar refractivity (Wildman–Crippen MR) is 150 cm³/mol. The van der Waals surface area contributed by atoms with Crippen LogP contribution in [-0.4, -0.2) is 70.5 Å². The van der Waals surface area contributed by atoms with E-state index in [0.29, 0.717) is 24.9 Å². The van der Waals surface area contributed by atoms with E-state index >= 15 is 0 Å². The molecule has 13 heteroatoms. The SMILES string of the molecule is NCCCCC(NC(=O)C(CC(N)=O)NC(=O)C(N)Cc1ccccc1)C(=O)NC(Cc1ccc(O)cc1)C(=O)O. The van der Waals surface area contributed by atoms with Crippen molar-refractivity contribution in [1.29, 1.82) is 0 Å². The van der Waals surface area contributed by atoms with Crippen molar-refractivity contribution >= 4 is 29.6 Å². The summed E-state index contributed by atoms with van der Waals surface area (Å²) < 4.78 is 0. The van der Waals surface area contributed by atoms with Crippen molar-refractivity contribution in [2.75, 3.05) is 6.54 Å². The number of carbonyl (C=O) groups excluding carboxylic acids is 4. The molecule has 0 aromatic heterocycles. The smallest absolute Gasteiger partial charge is 0.326 e. The van der Waals surface area contributed by atoms with Gasteiger partial charge in [0.05, 0.1) is 12.5 Å². The molecule has 0 saturated carbocycles. The number of nitrogens with one attached hydrogen (secondary N) is 3. The largest absolute Gasteiger partial charge is 0.508 e. The van der Waals surface area contributed by atoms with Crippen LogP contribution >= 0.6 is 0 Å². The third kappa shape index (κ3) is 11.6. The molecule has 0 radical (unpaired) electrons. The maximum absolute atomic E-state index is 13.2. The van der Waals surface area contributed by atoms with Crippen LogP contribution in [-0.2, 0) is 36.8 Å². The number of nitrogens with two attached hydrogens (primary N) is 3. The van der Waals surface area contributed by atoms with Crippen molar-refractivity contribution < 1.29 is 34.2 Å². The Morgan fingerprint density at radius 2 is 1.29 bits per heavy atom. The zero-order valence-electron chi connectivity index (χ0n) is 22.6. The van der Waals surface area contributed by atoms with Crippen molar-refractivity contribution in [2.24, 2.45) is 17.2 Å². The Kier molecular flexibility index (Phi) is 13.2. The van der Waals surface area contributed by atoms with Crippen molar-refractivity contribution in [2.45, 2.75) is 62.7 Å². The number of hydrogen-bond donors (Lipinski definition) is 8. The van der Waals surface area contributed by atoms with Gasteiger partial charge in [0.15, 0.2) is 0 Å². The van der Waals surface area contributed by atoms with Gasteiger partial charge >= 0.3 is 5.97 Å². The van der Waals surface area contributed by atoms with E-state index in [1.165, 1.54) is 24.3 Å². The summed E-state index contributed by atoms with van der Waals surface area (Å²) in [5.41, 5.74) is 18.2. The van der Waals surface area contributed by atoms with Gasteiger partial charge in [-0.25, -0.2) is 4.79 Å². The molecule has 2 aromatic carbocycles. The lowest BCUT2D eigenvalue weighted by atomic mass is 10.0. The first kappa shape index (κ1) is 32.7. The van der Waals surface area contributed by atoms with Gasteiger partial charge in [0.2, 0.25) is 23.6 Å². The van der Waals surface area contributed by atoms with Crippen LogP contribution < -0.4 is 33.2 Å². The van der Waals surface area contributed by atoms with Crippen LogP contribution in [0.25, 0.3) is 0 Å². The molecule has 0 bridgehead atoms. The van der Waals surface area contributed by atoms with Crippen LogP contribution in [0.4, 0.5) is 0 Å². The summed E-state index contributed by atoms with van der Waals surface area (Å²) >= 11 is 0. The van der Waals surface area contributed by atoms with Crippen molar-refractivity contribution in [3.63, 3.8) is 0 Å². The monoisotopic (exact) mass is 570 g/mol. The van der Waals surface area contributed by atoms with Crippen LogP contribution in [0.15, 0.2) is 54.6 Å². The fraction of sp³-hybridized carbons (Fsp3) is 0.393. The van der Waals surface area contributed by atoms with Crippen LogP contribution in [0.1, 0.15) is 36.8 Å². The maximum atomic E-state index is 13.2. The molecule has 4 atom stereocenters. The molecule has 222 valence electrons. The number of unbranched alkanes of at least 4 members (excludes halogenated alkanes) is 1. The van der Waals surface area contributed by atoms with Gasteiger partial charge in [0.25, 0.3) is 0 Å². The number of phenolic OH excluding ortho intramolecular Hbond substituents is 1. The number of carboxylic acids is 1. The molecule has 0 heterocycles. The van der Waals surface area contributed by atoms with Gasteiger partial charge in [-0.3, -0.25) is 19.2 Å². The molecular formula is C28H38N6O7. The van der Waals surface area contributed by atoms with Crippen LogP contribution in [0.2, 0.25) is 0 Å². The molecule has 2 aromatic rings. The first-order valence-electron chi connectivity index (χ1n) is 13.2. The normalized spacial score (nSPS) is 13.7. The van der Waals surface area contributed by atoms with Gasteiger partial charge in [-0.05, 0) is 55.5 Å². The number of primary amides is 1. The van der Waals surface area contributed by atoms with Gasteiger partial charge < -0.3 is 43.4 Å². The molecule has 2 rings (SSSR count). The number of aromatic hydroxyl groups is 1. The van der Waals surface area contributed by atoms with E-state index in [-0.39, 0.29) is 25.0 Å². The van der Waals surface area contributed by atoms with E-state index in [9.17, 15) is 34.2 Å². The molecule has 0 spiro atoms. The standard InChI is InChI=1S/C28H38N6O7/c29-13-5-4-8-21(26(38)34-23(28(40)41)15-18-9-11-19(35)12-10-18)32-27(39)22(16-24(31)36)33-25(37)20(30)14-17-6-2-1-3-7-17/h1-3,6-7,9-12,20-23,35H,4-5,8,13-16,29-30H2,(H2,31,36)(H,32,39)(H,33,37)(H,34,38)(H,40,41). The van der Waals surface area contributed by atoms with Gasteiger partial charge in [-0.15, -0.1) is 0 Å². The van der Waals surface area contributed by atoms with Crippen molar-refractivity contribution in [3.05, 3.63) is 65.7 Å². The average Bonchev–Trinajstić information content (AvgIpc) is 2.93. The number of amides is 4. The zero-order chi connectivity index (χ0) is 30.4. The minimum atomic E-state index is -1.42. The zero-order valence-corrected chi connectivity index (χ0v) is 22.6. The number of phenols is 1. The lowest BCUT2D eigenvalue weighted by Crippen LogP contribution is -2.58. The van der Waals surface area contributed by atoms with Crippen molar-refractivity contribution in [1.82, 2.24) is 16.0 Å². The highest BCUT2D eigenvalue weighted by Crippen LogP contribution is 2.12. The summed E-state index contributed by atoms with van der Waals surface area (Å²) in [6.45, 7) is 0.334. The van der Waals surface area contributed by atoms with Gasteiger partial charge in [0.1, 0.15) is 23.9 Å². The molecule has 0 aliphatic carbocycles. The number of rotatable bonds is 17. The molecule has 41 heavy (non-hydrogen) atoms. The third-order valence-corrected chi connectivity index (χ3v) is 6.24. The van der Waals surface area contributed by atoms with Gasteiger partial charge in [-0.2, -0.15) is 0 Å². The Hall–Kier alpha value is -4.49. The Labute approximate surface area is 237 Å². The molecule has 0 aliphatic rings. The highest BCUT2D eigenvalue weighted by Gasteiger charge is 2.31. The van der Waals surface area contributed by atoms with E-state index in [1.807, 2.05) is 6.07 Å². The molecule has 13 nitrogen and oxygen atoms in total. The van der Waals surface area contributed by atoms with E-state index in [1.54, 1.807) is 24.3 Å². The summed E-state index contributed by atoms with van der Waals surface area (Å²) in [6.07, 6.45) is 0.630. The summed E-state index contributed by atoms with van der Waals surface area (Å²) in [7, 11) is 0. The third-order valence-electron chi connectivity index (χ3n) is 6.24. The van der Waals surface area contributed by atoms with E-state index in [4.69, 9.17) is 17.2 Å². The molecule has 11 N–H and O–H groups in total. The first-order valence-corrected chi connectivity index (χ1v) is 13.2. The highest BCUT2D eigenvalue weighted by atomic mass is 16.4. The fourth-order valence-electron chi connectivity index (χ4n) is 4.02. The van der Waals surface area contributed by atoms with Crippen LogP contribution in [0, 0.1) is 0 Å². The average molecular weight is 571 g/mol.